The first-order valence-corrected chi connectivity index (χ1v) is 12.5. The molecular weight excluding hydrogens is 532 g/mol. The van der Waals surface area contributed by atoms with Crippen LogP contribution in [0.1, 0.15) is 37.4 Å². The van der Waals surface area contributed by atoms with Crippen LogP contribution in [0.4, 0.5) is 0 Å². The van der Waals surface area contributed by atoms with Crippen molar-refractivity contribution in [3.05, 3.63) is 83.0 Å². The molecule has 0 spiro atoms. The smallest absolute Gasteiger partial charge is 0.271 e. The molecule has 7 nitrogen and oxygen atoms in total. The summed E-state index contributed by atoms with van der Waals surface area (Å²) in [7, 11) is 4.59. The number of allylic oxidation sites excluding steroid dienone is 2. The highest BCUT2D eigenvalue weighted by Crippen LogP contribution is 2.42. The fourth-order valence-electron chi connectivity index (χ4n) is 4.15. The van der Waals surface area contributed by atoms with Crippen molar-refractivity contribution >= 4 is 39.1 Å². The predicted octanol–water partition coefficient (Wildman–Crippen LogP) is 4.00. The summed E-state index contributed by atoms with van der Waals surface area (Å²) in [6, 6.07) is 10.6. The number of ketones is 1. The van der Waals surface area contributed by atoms with Crippen LogP contribution in [0.3, 0.4) is 0 Å². The summed E-state index contributed by atoms with van der Waals surface area (Å²) >= 11 is 4.73. The van der Waals surface area contributed by atoms with E-state index in [-0.39, 0.29) is 17.8 Å². The Labute approximate surface area is 215 Å². The van der Waals surface area contributed by atoms with Crippen LogP contribution < -0.4 is 29.1 Å². The van der Waals surface area contributed by atoms with Crippen molar-refractivity contribution in [1.29, 1.82) is 0 Å². The third kappa shape index (κ3) is 4.58. The summed E-state index contributed by atoms with van der Waals surface area (Å²) in [5.41, 5.74) is 2.41. The largest absolute Gasteiger partial charge is 0.493 e. The first-order valence-electron chi connectivity index (χ1n) is 10.9. The third-order valence-electron chi connectivity index (χ3n) is 5.81. The SMILES string of the molecule is CCC(=O)C1=C(C)N=c2s/c(=C\c3ccc(Br)cc3)c(=O)n2C1c1cc(OC)c(OC)c(OC)c1. The van der Waals surface area contributed by atoms with Crippen LogP contribution in [0, 0.1) is 0 Å². The molecule has 1 aliphatic heterocycles. The normalized spacial score (nSPS) is 15.5. The van der Waals surface area contributed by atoms with E-state index < -0.39 is 6.04 Å². The minimum absolute atomic E-state index is 0.0767. The minimum atomic E-state index is -0.681. The molecule has 1 aliphatic rings. The van der Waals surface area contributed by atoms with E-state index in [2.05, 4.69) is 20.9 Å². The van der Waals surface area contributed by atoms with Gasteiger partial charge in [0.15, 0.2) is 22.1 Å². The Morgan fingerprint density at radius 3 is 2.29 bits per heavy atom. The van der Waals surface area contributed by atoms with E-state index in [1.807, 2.05) is 30.3 Å². The van der Waals surface area contributed by atoms with Crippen molar-refractivity contribution in [3.63, 3.8) is 0 Å². The summed E-state index contributed by atoms with van der Waals surface area (Å²) < 4.78 is 19.6. The van der Waals surface area contributed by atoms with Crippen LogP contribution in [0.2, 0.25) is 0 Å². The number of halogens is 1. The lowest BCUT2D eigenvalue weighted by Crippen LogP contribution is -2.39. The zero-order chi connectivity index (χ0) is 25.3. The molecule has 4 rings (SSSR count). The van der Waals surface area contributed by atoms with Crippen LogP contribution in [0.15, 0.2) is 61.9 Å². The standard InChI is InChI=1S/C26H25BrN2O5S/c1-6-18(30)22-14(2)28-26-29(25(31)21(35-26)11-15-7-9-17(27)10-8-15)23(22)16-12-19(32-3)24(34-5)20(13-16)33-4/h7-13,23H,6H2,1-5H3/b21-11-. The van der Waals surface area contributed by atoms with Gasteiger partial charge in [-0.3, -0.25) is 14.2 Å². The maximum Gasteiger partial charge on any atom is 0.271 e. The van der Waals surface area contributed by atoms with Gasteiger partial charge in [0.25, 0.3) is 5.56 Å². The van der Waals surface area contributed by atoms with Gasteiger partial charge >= 0.3 is 0 Å². The van der Waals surface area contributed by atoms with Gasteiger partial charge in [-0.2, -0.15) is 0 Å². The van der Waals surface area contributed by atoms with Crippen molar-refractivity contribution in [1.82, 2.24) is 4.57 Å². The van der Waals surface area contributed by atoms with Crippen LogP contribution in [-0.4, -0.2) is 31.7 Å². The van der Waals surface area contributed by atoms with Gasteiger partial charge in [0.1, 0.15) is 0 Å². The van der Waals surface area contributed by atoms with Gasteiger partial charge in [-0.25, -0.2) is 4.99 Å². The minimum Gasteiger partial charge on any atom is -0.493 e. The summed E-state index contributed by atoms with van der Waals surface area (Å²) in [5.74, 6) is 1.24. The Morgan fingerprint density at radius 1 is 1.11 bits per heavy atom. The molecule has 0 bridgehead atoms. The van der Waals surface area contributed by atoms with Gasteiger partial charge < -0.3 is 14.2 Å². The Bertz CT molecular complexity index is 1480. The number of hydrogen-bond acceptors (Lipinski definition) is 7. The van der Waals surface area contributed by atoms with Crippen molar-refractivity contribution in [2.45, 2.75) is 26.3 Å². The second-order valence-corrected chi connectivity index (χ2v) is 9.79. The average Bonchev–Trinajstić information content (AvgIpc) is 3.17. The Balaban J connectivity index is 2.01. The lowest BCUT2D eigenvalue weighted by molar-refractivity contribution is -0.115. The quantitative estimate of drug-likeness (QED) is 0.439. The van der Waals surface area contributed by atoms with Gasteiger partial charge in [0.05, 0.1) is 31.9 Å². The summed E-state index contributed by atoms with van der Waals surface area (Å²) in [6.45, 7) is 3.60. The predicted molar refractivity (Wildman–Crippen MR) is 139 cm³/mol. The Hall–Kier alpha value is -3.17. The number of Topliss-reactive ketones (excluding diaryl/α,β-unsaturated/α-hetero) is 1. The van der Waals surface area contributed by atoms with E-state index in [1.165, 1.54) is 32.7 Å². The molecule has 9 heteroatoms. The van der Waals surface area contributed by atoms with Crippen LogP contribution in [0.5, 0.6) is 17.2 Å². The number of carbonyl (C=O) groups excluding carboxylic acids is 1. The van der Waals surface area contributed by atoms with Crippen LogP contribution in [-0.2, 0) is 4.79 Å². The monoisotopic (exact) mass is 556 g/mol. The number of thiazole rings is 1. The van der Waals surface area contributed by atoms with E-state index >= 15 is 0 Å². The molecule has 2 heterocycles. The summed E-state index contributed by atoms with van der Waals surface area (Å²) in [4.78, 5) is 32.0. The second-order valence-electron chi connectivity index (χ2n) is 7.87. The molecule has 1 atom stereocenters. The fourth-order valence-corrected chi connectivity index (χ4v) is 5.46. The fraction of sp³-hybridized carbons (Fsp3) is 0.269. The van der Waals surface area contributed by atoms with Crippen molar-refractivity contribution < 1.29 is 19.0 Å². The molecule has 0 fully saturated rings. The molecule has 1 aromatic heterocycles. The molecule has 2 aromatic carbocycles. The molecule has 35 heavy (non-hydrogen) atoms. The summed E-state index contributed by atoms with van der Waals surface area (Å²) in [5, 5.41) is 0. The summed E-state index contributed by atoms with van der Waals surface area (Å²) in [6.07, 6.45) is 2.12. The lowest BCUT2D eigenvalue weighted by atomic mass is 9.91. The molecule has 0 saturated heterocycles. The van der Waals surface area contributed by atoms with Gasteiger partial charge in [-0.05, 0) is 48.4 Å². The second kappa shape index (κ2) is 10.2. The first-order chi connectivity index (χ1) is 16.8. The van der Waals surface area contributed by atoms with Gasteiger partial charge in [-0.1, -0.05) is 46.3 Å². The zero-order valence-electron chi connectivity index (χ0n) is 20.0. The number of aromatic nitrogens is 1. The van der Waals surface area contributed by atoms with Gasteiger partial charge in [-0.15, -0.1) is 0 Å². The lowest BCUT2D eigenvalue weighted by Gasteiger charge is -2.26. The molecule has 0 saturated carbocycles. The molecule has 182 valence electrons. The van der Waals surface area contributed by atoms with Crippen molar-refractivity contribution in [3.8, 4) is 17.2 Å². The highest BCUT2D eigenvalue weighted by Gasteiger charge is 2.33. The molecule has 3 aromatic rings. The van der Waals surface area contributed by atoms with Gasteiger partial charge in [0, 0.05) is 22.2 Å². The number of methoxy groups -OCH3 is 3. The van der Waals surface area contributed by atoms with Crippen LogP contribution >= 0.6 is 27.3 Å². The molecule has 0 amide bonds. The van der Waals surface area contributed by atoms with Crippen molar-refractivity contribution in [2.24, 2.45) is 4.99 Å². The van der Waals surface area contributed by atoms with E-state index in [1.54, 1.807) is 30.5 Å². The topological polar surface area (TPSA) is 79.1 Å². The first kappa shape index (κ1) is 24.9. The van der Waals surface area contributed by atoms with Crippen LogP contribution in [0.25, 0.3) is 6.08 Å². The van der Waals surface area contributed by atoms with Gasteiger partial charge in [0.2, 0.25) is 5.75 Å². The molecule has 0 aliphatic carbocycles. The highest BCUT2D eigenvalue weighted by atomic mass is 79.9. The van der Waals surface area contributed by atoms with E-state index in [0.717, 1.165) is 10.0 Å². The average molecular weight is 557 g/mol. The molecule has 0 N–H and O–H groups in total. The third-order valence-corrected chi connectivity index (χ3v) is 7.33. The molecular formula is C26H25BrN2O5S. The maximum absolute atomic E-state index is 13.7. The maximum atomic E-state index is 13.7. The molecule has 1 unspecified atom stereocenters. The van der Waals surface area contributed by atoms with Crippen molar-refractivity contribution in [2.75, 3.05) is 21.3 Å². The number of nitrogens with zero attached hydrogens (tertiary/aromatic N) is 2. The Kier molecular flexibility index (Phi) is 7.28. The number of carbonyl (C=O) groups is 1. The number of benzene rings is 2. The number of fused-ring (bicyclic) bond motifs is 1. The van der Waals surface area contributed by atoms with E-state index in [0.29, 0.717) is 43.4 Å². The number of ether oxygens (including phenoxy) is 3. The zero-order valence-corrected chi connectivity index (χ0v) is 22.5. The number of hydrogen-bond donors (Lipinski definition) is 0. The van der Waals surface area contributed by atoms with E-state index in [4.69, 9.17) is 14.2 Å². The number of rotatable bonds is 7. The highest BCUT2D eigenvalue weighted by molar-refractivity contribution is 9.10. The Morgan fingerprint density at radius 2 is 1.74 bits per heavy atom. The van der Waals surface area contributed by atoms with E-state index in [9.17, 15) is 9.59 Å². The molecule has 0 radical (unpaired) electrons.